The third-order valence-electron chi connectivity index (χ3n) is 2.67. The second-order valence-electron chi connectivity index (χ2n) is 4.61. The molecule has 0 aliphatic carbocycles. The van der Waals surface area contributed by atoms with Crippen LogP contribution in [0.3, 0.4) is 0 Å². The van der Waals surface area contributed by atoms with Gasteiger partial charge in [0.25, 0.3) is 5.91 Å². The van der Waals surface area contributed by atoms with Gasteiger partial charge in [0.15, 0.2) is 0 Å². The molecule has 3 nitrogen and oxygen atoms in total. The van der Waals surface area contributed by atoms with E-state index in [0.717, 1.165) is 35.2 Å². The fourth-order valence-electron chi connectivity index (χ4n) is 1.71. The molecule has 0 aliphatic heterocycles. The first-order valence-corrected chi connectivity index (χ1v) is 7.32. The molecule has 1 rings (SSSR count). The van der Waals surface area contributed by atoms with E-state index in [-0.39, 0.29) is 5.91 Å². The van der Waals surface area contributed by atoms with Gasteiger partial charge in [-0.1, -0.05) is 13.0 Å². The maximum absolute atomic E-state index is 12.4. The highest BCUT2D eigenvalue weighted by atomic mass is 127. The van der Waals surface area contributed by atoms with Crippen molar-refractivity contribution in [1.29, 1.82) is 0 Å². The topological polar surface area (TPSA) is 23.6 Å². The summed E-state index contributed by atoms with van der Waals surface area (Å²) in [6.45, 7) is 4.60. The van der Waals surface area contributed by atoms with Gasteiger partial charge in [0.05, 0.1) is 0 Å². The summed E-state index contributed by atoms with van der Waals surface area (Å²) in [4.78, 5) is 16.4. The Labute approximate surface area is 123 Å². The molecule has 1 aromatic carbocycles. The molecule has 1 amide bonds. The summed E-state index contributed by atoms with van der Waals surface area (Å²) in [5, 5.41) is 0. The predicted octanol–water partition coefficient (Wildman–Crippen LogP) is 2.71. The molecule has 0 saturated heterocycles. The van der Waals surface area contributed by atoms with Crippen molar-refractivity contribution in [3.05, 3.63) is 33.4 Å². The molecule has 0 radical (unpaired) electrons. The fraction of sp³-hybridized carbons (Fsp3) is 0.500. The van der Waals surface area contributed by atoms with Crippen LogP contribution in [0.5, 0.6) is 0 Å². The van der Waals surface area contributed by atoms with Crippen LogP contribution >= 0.6 is 22.6 Å². The largest absolute Gasteiger partial charge is 0.337 e. The molecule has 0 saturated carbocycles. The molecular weight excluding hydrogens is 339 g/mol. The number of carbonyl (C=O) groups excluding carboxylic acids is 1. The van der Waals surface area contributed by atoms with Gasteiger partial charge in [0, 0.05) is 28.8 Å². The zero-order valence-corrected chi connectivity index (χ0v) is 13.5. The summed E-state index contributed by atoms with van der Waals surface area (Å²) >= 11 is 2.24. The third-order valence-corrected chi connectivity index (χ3v) is 3.34. The van der Waals surface area contributed by atoms with Gasteiger partial charge in [-0.3, -0.25) is 4.79 Å². The van der Waals surface area contributed by atoms with E-state index in [1.165, 1.54) is 0 Å². The van der Waals surface area contributed by atoms with Crippen molar-refractivity contribution >= 4 is 28.5 Å². The van der Waals surface area contributed by atoms with Crippen LogP contribution in [0.2, 0.25) is 0 Å². The standard InChI is InChI=1S/C14H21IN2O/c1-4-8-17(10-9-16(2)3)14(18)12-6-5-7-13(15)11-12/h5-7,11H,4,8-10H2,1-3H3. The number of nitrogens with zero attached hydrogens (tertiary/aromatic N) is 2. The first kappa shape index (κ1) is 15.4. The second kappa shape index (κ2) is 7.74. The maximum atomic E-state index is 12.4. The number of benzene rings is 1. The summed E-state index contributed by atoms with van der Waals surface area (Å²) in [6.07, 6.45) is 0.989. The molecule has 1 aromatic rings. The van der Waals surface area contributed by atoms with E-state index in [2.05, 4.69) is 34.4 Å². The van der Waals surface area contributed by atoms with Gasteiger partial charge in [-0.15, -0.1) is 0 Å². The van der Waals surface area contributed by atoms with E-state index in [9.17, 15) is 4.79 Å². The number of halogens is 1. The van der Waals surface area contributed by atoms with Crippen LogP contribution in [0.1, 0.15) is 23.7 Å². The zero-order valence-electron chi connectivity index (χ0n) is 11.3. The Bertz CT molecular complexity index is 393. The lowest BCUT2D eigenvalue weighted by Gasteiger charge is -2.24. The quantitative estimate of drug-likeness (QED) is 0.729. The minimum absolute atomic E-state index is 0.136. The minimum Gasteiger partial charge on any atom is -0.337 e. The van der Waals surface area contributed by atoms with Gasteiger partial charge in [0.2, 0.25) is 0 Å². The van der Waals surface area contributed by atoms with Crippen molar-refractivity contribution in [2.24, 2.45) is 0 Å². The highest BCUT2D eigenvalue weighted by Crippen LogP contribution is 2.10. The third kappa shape index (κ3) is 4.94. The molecular formula is C14H21IN2O. The number of hydrogen-bond donors (Lipinski definition) is 0. The Morgan fingerprint density at radius 1 is 1.22 bits per heavy atom. The molecule has 0 atom stereocenters. The molecule has 0 fully saturated rings. The van der Waals surface area contributed by atoms with Crippen LogP contribution in [0, 0.1) is 3.57 Å². The van der Waals surface area contributed by atoms with Gasteiger partial charge in [-0.05, 0) is 61.3 Å². The van der Waals surface area contributed by atoms with Crippen molar-refractivity contribution < 1.29 is 4.79 Å². The van der Waals surface area contributed by atoms with Crippen LogP contribution in [0.25, 0.3) is 0 Å². The number of likely N-dealkylation sites (N-methyl/N-ethyl adjacent to an activating group) is 1. The summed E-state index contributed by atoms with van der Waals surface area (Å²) < 4.78 is 1.10. The maximum Gasteiger partial charge on any atom is 0.253 e. The summed E-state index contributed by atoms with van der Waals surface area (Å²) in [5.41, 5.74) is 0.786. The lowest BCUT2D eigenvalue weighted by molar-refractivity contribution is 0.0745. The average Bonchev–Trinajstić information content (AvgIpc) is 2.33. The predicted molar refractivity (Wildman–Crippen MR) is 83.9 cm³/mol. The van der Waals surface area contributed by atoms with Crippen LogP contribution in [0.15, 0.2) is 24.3 Å². The number of carbonyl (C=O) groups is 1. The van der Waals surface area contributed by atoms with Crippen molar-refractivity contribution in [1.82, 2.24) is 9.80 Å². The Morgan fingerprint density at radius 3 is 2.50 bits per heavy atom. The number of hydrogen-bond acceptors (Lipinski definition) is 2. The van der Waals surface area contributed by atoms with E-state index in [1.807, 2.05) is 43.3 Å². The normalized spacial score (nSPS) is 10.7. The van der Waals surface area contributed by atoms with Gasteiger partial charge in [-0.25, -0.2) is 0 Å². The van der Waals surface area contributed by atoms with E-state index >= 15 is 0 Å². The summed E-state index contributed by atoms with van der Waals surface area (Å²) in [7, 11) is 4.06. The molecule has 0 N–H and O–H groups in total. The van der Waals surface area contributed by atoms with Crippen LogP contribution in [-0.2, 0) is 0 Å². The number of amides is 1. The first-order valence-electron chi connectivity index (χ1n) is 6.24. The monoisotopic (exact) mass is 360 g/mol. The van der Waals surface area contributed by atoms with Crippen molar-refractivity contribution in [2.45, 2.75) is 13.3 Å². The SMILES string of the molecule is CCCN(CCN(C)C)C(=O)c1cccc(I)c1. The summed E-state index contributed by atoms with van der Waals surface area (Å²) in [5.74, 6) is 0.136. The molecule has 0 bridgehead atoms. The molecule has 0 aromatic heterocycles. The molecule has 0 spiro atoms. The van der Waals surface area contributed by atoms with Crippen molar-refractivity contribution in [3.8, 4) is 0 Å². The first-order chi connectivity index (χ1) is 8.54. The van der Waals surface area contributed by atoms with E-state index < -0.39 is 0 Å². The lowest BCUT2D eigenvalue weighted by Crippen LogP contribution is -2.37. The zero-order chi connectivity index (χ0) is 13.5. The van der Waals surface area contributed by atoms with E-state index in [4.69, 9.17) is 0 Å². The molecule has 0 heterocycles. The fourth-order valence-corrected chi connectivity index (χ4v) is 2.25. The van der Waals surface area contributed by atoms with E-state index in [0.29, 0.717) is 0 Å². The van der Waals surface area contributed by atoms with Gasteiger partial charge in [0.1, 0.15) is 0 Å². The minimum atomic E-state index is 0.136. The Balaban J connectivity index is 2.75. The smallest absolute Gasteiger partial charge is 0.253 e. The summed E-state index contributed by atoms with van der Waals surface area (Å²) in [6, 6.07) is 7.77. The Morgan fingerprint density at radius 2 is 1.94 bits per heavy atom. The average molecular weight is 360 g/mol. The highest BCUT2D eigenvalue weighted by molar-refractivity contribution is 14.1. The van der Waals surface area contributed by atoms with Crippen LogP contribution in [0.4, 0.5) is 0 Å². The Kier molecular flexibility index (Phi) is 6.63. The van der Waals surface area contributed by atoms with Crippen molar-refractivity contribution in [2.75, 3.05) is 33.7 Å². The Hall–Kier alpha value is -0.620. The lowest BCUT2D eigenvalue weighted by atomic mass is 10.2. The van der Waals surface area contributed by atoms with Crippen molar-refractivity contribution in [3.63, 3.8) is 0 Å². The molecule has 0 aliphatic rings. The van der Waals surface area contributed by atoms with Gasteiger partial charge < -0.3 is 9.80 Å². The number of rotatable bonds is 6. The molecule has 18 heavy (non-hydrogen) atoms. The van der Waals surface area contributed by atoms with Gasteiger partial charge >= 0.3 is 0 Å². The van der Waals surface area contributed by atoms with E-state index in [1.54, 1.807) is 0 Å². The molecule has 4 heteroatoms. The highest BCUT2D eigenvalue weighted by Gasteiger charge is 2.14. The second-order valence-corrected chi connectivity index (χ2v) is 5.85. The van der Waals surface area contributed by atoms with Gasteiger partial charge in [-0.2, -0.15) is 0 Å². The molecule has 0 unspecified atom stereocenters. The van der Waals surface area contributed by atoms with Crippen LogP contribution in [-0.4, -0.2) is 49.4 Å². The molecule has 100 valence electrons. The van der Waals surface area contributed by atoms with Crippen LogP contribution < -0.4 is 0 Å².